The molecule has 110 valence electrons. The Morgan fingerprint density at radius 3 is 2.80 bits per heavy atom. The summed E-state index contributed by atoms with van der Waals surface area (Å²) in [5, 5.41) is 3.62. The molecule has 2 rings (SSSR count). The molecule has 4 nitrogen and oxygen atoms in total. The lowest BCUT2D eigenvalue weighted by Gasteiger charge is -2.23. The van der Waals surface area contributed by atoms with E-state index in [0.29, 0.717) is 32.8 Å². The SMILES string of the molecule is O=C(CCCc1ccc(Cl)cc1)NC[C@@H]1COCCO1. The van der Waals surface area contributed by atoms with Crippen LogP contribution < -0.4 is 5.32 Å². The highest BCUT2D eigenvalue weighted by molar-refractivity contribution is 6.30. The van der Waals surface area contributed by atoms with Crippen LogP contribution >= 0.6 is 11.6 Å². The van der Waals surface area contributed by atoms with E-state index in [1.807, 2.05) is 24.3 Å². The second-order valence-electron chi connectivity index (χ2n) is 4.85. The average molecular weight is 298 g/mol. The fourth-order valence-corrected chi connectivity index (χ4v) is 2.20. The summed E-state index contributed by atoms with van der Waals surface area (Å²) in [7, 11) is 0. The van der Waals surface area contributed by atoms with Gasteiger partial charge in [-0.15, -0.1) is 0 Å². The third-order valence-electron chi connectivity index (χ3n) is 3.19. The van der Waals surface area contributed by atoms with Gasteiger partial charge in [-0.25, -0.2) is 0 Å². The molecule has 1 aromatic carbocycles. The normalized spacial score (nSPS) is 18.8. The molecule has 1 N–H and O–H groups in total. The number of carbonyl (C=O) groups excluding carboxylic acids is 1. The Balaban J connectivity index is 1.58. The van der Waals surface area contributed by atoms with Crippen LogP contribution in [0.3, 0.4) is 0 Å². The minimum Gasteiger partial charge on any atom is -0.376 e. The first kappa shape index (κ1) is 15.3. The first-order chi connectivity index (χ1) is 9.74. The summed E-state index contributed by atoms with van der Waals surface area (Å²) in [6.07, 6.45) is 2.23. The van der Waals surface area contributed by atoms with Crippen LogP contribution in [0.5, 0.6) is 0 Å². The molecule has 1 aromatic rings. The van der Waals surface area contributed by atoms with Crippen molar-refractivity contribution in [2.24, 2.45) is 0 Å². The van der Waals surface area contributed by atoms with Gasteiger partial charge < -0.3 is 14.8 Å². The average Bonchev–Trinajstić information content (AvgIpc) is 2.48. The molecule has 0 radical (unpaired) electrons. The predicted octanol–water partition coefficient (Wildman–Crippen LogP) is 2.19. The Morgan fingerprint density at radius 2 is 2.10 bits per heavy atom. The molecule has 0 aliphatic carbocycles. The summed E-state index contributed by atoms with van der Waals surface area (Å²) >= 11 is 5.83. The summed E-state index contributed by atoms with van der Waals surface area (Å²) in [5.41, 5.74) is 1.20. The quantitative estimate of drug-likeness (QED) is 0.875. The molecular weight excluding hydrogens is 278 g/mol. The minimum absolute atomic E-state index is 0.0102. The largest absolute Gasteiger partial charge is 0.376 e. The highest BCUT2D eigenvalue weighted by Crippen LogP contribution is 2.11. The molecule has 0 spiro atoms. The third-order valence-corrected chi connectivity index (χ3v) is 3.45. The molecule has 0 saturated carbocycles. The van der Waals surface area contributed by atoms with Crippen molar-refractivity contribution in [3.63, 3.8) is 0 Å². The highest BCUT2D eigenvalue weighted by atomic mass is 35.5. The monoisotopic (exact) mass is 297 g/mol. The van der Waals surface area contributed by atoms with E-state index < -0.39 is 0 Å². The Bertz CT molecular complexity index is 416. The zero-order chi connectivity index (χ0) is 14.2. The number of carbonyl (C=O) groups is 1. The van der Waals surface area contributed by atoms with E-state index in [9.17, 15) is 4.79 Å². The van der Waals surface area contributed by atoms with Gasteiger partial charge in [0.1, 0.15) is 0 Å². The molecule has 1 heterocycles. The number of rotatable bonds is 6. The minimum atomic E-state index is -0.0102. The van der Waals surface area contributed by atoms with Gasteiger partial charge in [0.25, 0.3) is 0 Å². The standard InChI is InChI=1S/C15H20ClNO3/c16-13-6-4-12(5-7-13)2-1-3-15(18)17-10-14-11-19-8-9-20-14/h4-7,14H,1-3,8-11H2,(H,17,18)/t14-/m1/s1. The van der Waals surface area contributed by atoms with Crippen LogP contribution in [0.25, 0.3) is 0 Å². The highest BCUT2D eigenvalue weighted by Gasteiger charge is 2.14. The number of ether oxygens (including phenoxy) is 2. The number of halogens is 1. The van der Waals surface area contributed by atoms with E-state index in [0.717, 1.165) is 17.9 Å². The molecular formula is C15H20ClNO3. The molecule has 1 atom stereocenters. The zero-order valence-electron chi connectivity index (χ0n) is 11.4. The summed E-state index contributed by atoms with van der Waals surface area (Å²) in [6, 6.07) is 7.73. The topological polar surface area (TPSA) is 47.6 Å². The molecule has 5 heteroatoms. The van der Waals surface area contributed by atoms with Crippen LogP contribution in [-0.4, -0.2) is 38.4 Å². The second kappa shape index (κ2) is 8.25. The van der Waals surface area contributed by atoms with Gasteiger partial charge in [0.15, 0.2) is 0 Å². The van der Waals surface area contributed by atoms with E-state index >= 15 is 0 Å². The molecule has 1 fully saturated rings. The molecule has 0 unspecified atom stereocenters. The van der Waals surface area contributed by atoms with Crippen molar-refractivity contribution in [1.82, 2.24) is 5.32 Å². The molecule has 1 amide bonds. The van der Waals surface area contributed by atoms with Crippen LogP contribution in [0.1, 0.15) is 18.4 Å². The Kier molecular flexibility index (Phi) is 6.30. The van der Waals surface area contributed by atoms with Gasteiger partial charge in [-0.2, -0.15) is 0 Å². The van der Waals surface area contributed by atoms with Gasteiger partial charge in [-0.3, -0.25) is 4.79 Å². The lowest BCUT2D eigenvalue weighted by Crippen LogP contribution is -2.39. The van der Waals surface area contributed by atoms with Crippen LogP contribution in [0.15, 0.2) is 24.3 Å². The van der Waals surface area contributed by atoms with Gasteiger partial charge in [-0.1, -0.05) is 23.7 Å². The maximum Gasteiger partial charge on any atom is 0.220 e. The van der Waals surface area contributed by atoms with Crippen molar-refractivity contribution in [3.05, 3.63) is 34.9 Å². The lowest BCUT2D eigenvalue weighted by atomic mass is 10.1. The molecule has 1 aliphatic heterocycles. The number of benzene rings is 1. The van der Waals surface area contributed by atoms with Crippen LogP contribution in [-0.2, 0) is 20.7 Å². The van der Waals surface area contributed by atoms with E-state index in [4.69, 9.17) is 21.1 Å². The van der Waals surface area contributed by atoms with Gasteiger partial charge in [0.05, 0.1) is 25.9 Å². The Hall–Kier alpha value is -1.10. The molecule has 1 aliphatic rings. The van der Waals surface area contributed by atoms with Crippen LogP contribution in [0.4, 0.5) is 0 Å². The van der Waals surface area contributed by atoms with Gasteiger partial charge in [0, 0.05) is 18.0 Å². The van der Waals surface area contributed by atoms with E-state index in [2.05, 4.69) is 5.32 Å². The first-order valence-corrected chi connectivity index (χ1v) is 7.32. The van der Waals surface area contributed by atoms with Gasteiger partial charge in [-0.05, 0) is 30.5 Å². The van der Waals surface area contributed by atoms with E-state index in [-0.39, 0.29) is 12.0 Å². The summed E-state index contributed by atoms with van der Waals surface area (Å²) in [6.45, 7) is 2.34. The number of amides is 1. The van der Waals surface area contributed by atoms with Gasteiger partial charge in [0.2, 0.25) is 5.91 Å². The van der Waals surface area contributed by atoms with Crippen molar-refractivity contribution in [2.45, 2.75) is 25.4 Å². The number of hydrogen-bond acceptors (Lipinski definition) is 3. The predicted molar refractivity (Wildman–Crippen MR) is 78.0 cm³/mol. The first-order valence-electron chi connectivity index (χ1n) is 6.94. The van der Waals surface area contributed by atoms with Gasteiger partial charge >= 0.3 is 0 Å². The maximum atomic E-state index is 11.7. The van der Waals surface area contributed by atoms with E-state index in [1.54, 1.807) is 0 Å². The lowest BCUT2D eigenvalue weighted by molar-refractivity contribution is -0.124. The summed E-state index contributed by atoms with van der Waals surface area (Å²) < 4.78 is 10.7. The summed E-state index contributed by atoms with van der Waals surface area (Å²) in [5.74, 6) is 0.0631. The smallest absolute Gasteiger partial charge is 0.220 e. The Morgan fingerprint density at radius 1 is 1.30 bits per heavy atom. The Labute approximate surface area is 124 Å². The summed E-state index contributed by atoms with van der Waals surface area (Å²) in [4.78, 5) is 11.7. The van der Waals surface area contributed by atoms with Crippen molar-refractivity contribution < 1.29 is 14.3 Å². The second-order valence-corrected chi connectivity index (χ2v) is 5.29. The fourth-order valence-electron chi connectivity index (χ4n) is 2.07. The van der Waals surface area contributed by atoms with Crippen molar-refractivity contribution in [1.29, 1.82) is 0 Å². The van der Waals surface area contributed by atoms with E-state index in [1.165, 1.54) is 5.56 Å². The number of hydrogen-bond donors (Lipinski definition) is 1. The molecule has 20 heavy (non-hydrogen) atoms. The fraction of sp³-hybridized carbons (Fsp3) is 0.533. The molecule has 0 bridgehead atoms. The number of nitrogens with one attached hydrogen (secondary N) is 1. The van der Waals surface area contributed by atoms with Crippen molar-refractivity contribution >= 4 is 17.5 Å². The maximum absolute atomic E-state index is 11.7. The van der Waals surface area contributed by atoms with Crippen molar-refractivity contribution in [3.8, 4) is 0 Å². The van der Waals surface area contributed by atoms with Crippen LogP contribution in [0.2, 0.25) is 5.02 Å². The molecule has 0 aromatic heterocycles. The molecule has 1 saturated heterocycles. The zero-order valence-corrected chi connectivity index (χ0v) is 12.2. The third kappa shape index (κ3) is 5.49. The number of aryl methyl sites for hydroxylation is 1. The van der Waals surface area contributed by atoms with Crippen LogP contribution in [0, 0.1) is 0 Å². The van der Waals surface area contributed by atoms with Crippen molar-refractivity contribution in [2.75, 3.05) is 26.4 Å².